The normalized spacial score (nSPS) is 11.1. The van der Waals surface area contributed by atoms with Crippen molar-refractivity contribution in [3.05, 3.63) is 77.6 Å². The van der Waals surface area contributed by atoms with E-state index in [4.69, 9.17) is 15.7 Å². The van der Waals surface area contributed by atoms with Gasteiger partial charge in [0, 0.05) is 36.6 Å². The van der Waals surface area contributed by atoms with Crippen LogP contribution in [0.4, 0.5) is 14.5 Å². The Kier molecular flexibility index (Phi) is 7.63. The third-order valence-electron chi connectivity index (χ3n) is 5.24. The number of nitriles is 1. The minimum absolute atomic E-state index is 0. The van der Waals surface area contributed by atoms with Gasteiger partial charge in [0.15, 0.2) is 23.0 Å². The fourth-order valence-corrected chi connectivity index (χ4v) is 4.94. The molecule has 0 unspecified atom stereocenters. The number of rotatable bonds is 7. The Morgan fingerprint density at radius 2 is 1.80 bits per heavy atom. The second kappa shape index (κ2) is 10.3. The molecule has 0 radical (unpaired) electrons. The largest absolute Gasteiger partial charge is 0.450 e. The molecule has 0 fully saturated rings. The average molecular weight is 519 g/mol. The lowest BCUT2D eigenvalue weighted by molar-refractivity contribution is 0.411. The second-order valence-corrected chi connectivity index (χ2v) is 9.52. The quantitative estimate of drug-likeness (QED) is 0.255. The summed E-state index contributed by atoms with van der Waals surface area (Å²) in [6.07, 6.45) is 3.72. The number of fused-ring (bicyclic) bond motifs is 1. The molecule has 0 amide bonds. The molecule has 0 spiro atoms. The van der Waals surface area contributed by atoms with Gasteiger partial charge in [0.1, 0.15) is 5.75 Å². The SMILES string of the molecule is Cc1ccc(S(=O)(=O)n2cc(CCCC#N)c3c(Oc4c(F)cc(N)cc4F)ccnc32)cc1.Cl. The van der Waals surface area contributed by atoms with Gasteiger partial charge in [-0.25, -0.2) is 26.2 Å². The van der Waals surface area contributed by atoms with Crippen molar-refractivity contribution >= 4 is 39.2 Å². The number of ether oxygens (including phenoxy) is 1. The number of hydrogen-bond acceptors (Lipinski definition) is 6. The van der Waals surface area contributed by atoms with Crippen LogP contribution in [0.1, 0.15) is 24.0 Å². The van der Waals surface area contributed by atoms with E-state index < -0.39 is 27.4 Å². The number of unbranched alkanes of at least 4 members (excludes halogenated alkanes) is 1. The summed E-state index contributed by atoms with van der Waals surface area (Å²) in [5.74, 6) is -2.64. The monoisotopic (exact) mass is 518 g/mol. The summed E-state index contributed by atoms with van der Waals surface area (Å²) >= 11 is 0. The van der Waals surface area contributed by atoms with Crippen LogP contribution in [0, 0.1) is 29.9 Å². The van der Waals surface area contributed by atoms with Crippen molar-refractivity contribution in [3.63, 3.8) is 0 Å². The topological polar surface area (TPSA) is 111 Å². The van der Waals surface area contributed by atoms with Crippen LogP contribution >= 0.6 is 12.4 Å². The fourth-order valence-electron chi connectivity index (χ4n) is 3.60. The van der Waals surface area contributed by atoms with Crippen molar-refractivity contribution in [3.8, 4) is 17.6 Å². The summed E-state index contributed by atoms with van der Waals surface area (Å²) < 4.78 is 62.2. The summed E-state index contributed by atoms with van der Waals surface area (Å²) in [6.45, 7) is 1.84. The number of hydrogen-bond donors (Lipinski definition) is 1. The van der Waals surface area contributed by atoms with Gasteiger partial charge in [-0.15, -0.1) is 12.4 Å². The maximum absolute atomic E-state index is 14.4. The van der Waals surface area contributed by atoms with Gasteiger partial charge >= 0.3 is 0 Å². The molecule has 11 heteroatoms. The molecule has 0 aliphatic heterocycles. The zero-order valence-electron chi connectivity index (χ0n) is 18.5. The minimum atomic E-state index is -4.03. The van der Waals surface area contributed by atoms with Crippen molar-refractivity contribution < 1.29 is 21.9 Å². The molecular weight excluding hydrogens is 498 g/mol. The van der Waals surface area contributed by atoms with Crippen LogP contribution in [0.25, 0.3) is 11.0 Å². The summed E-state index contributed by atoms with van der Waals surface area (Å²) in [6, 6.07) is 11.6. The molecule has 0 saturated carbocycles. The smallest absolute Gasteiger partial charge is 0.269 e. The van der Waals surface area contributed by atoms with Gasteiger partial charge in [-0.3, -0.25) is 0 Å². The highest BCUT2D eigenvalue weighted by atomic mass is 35.5. The zero-order valence-corrected chi connectivity index (χ0v) is 20.2. The van der Waals surface area contributed by atoms with Gasteiger partial charge in [-0.2, -0.15) is 5.26 Å². The second-order valence-electron chi connectivity index (χ2n) is 7.70. The molecule has 35 heavy (non-hydrogen) atoms. The van der Waals surface area contributed by atoms with Crippen molar-refractivity contribution in [1.29, 1.82) is 5.26 Å². The van der Waals surface area contributed by atoms with Gasteiger partial charge in [0.2, 0.25) is 0 Å². The van der Waals surface area contributed by atoms with E-state index in [0.29, 0.717) is 18.4 Å². The maximum Gasteiger partial charge on any atom is 0.269 e. The van der Waals surface area contributed by atoms with E-state index in [1.165, 1.54) is 30.6 Å². The summed E-state index contributed by atoms with van der Waals surface area (Å²) in [5.41, 5.74) is 6.83. The standard InChI is InChI=1S/C24H20F2N4O3S.ClH/c1-15-5-7-18(8-6-15)34(31,32)30-14-16(4-2-3-10-27)22-21(9-11-29-24(22)30)33-23-19(25)12-17(28)13-20(23)26;/h5-9,11-14H,2-4,28H2,1H3;1H. The van der Waals surface area contributed by atoms with Crippen LogP contribution in [-0.2, 0) is 16.4 Å². The Balaban J connectivity index is 0.00000342. The predicted octanol–water partition coefficient (Wildman–Crippen LogP) is 5.50. The van der Waals surface area contributed by atoms with Crippen molar-refractivity contribution in [2.45, 2.75) is 31.1 Å². The number of nitrogens with zero attached hydrogens (tertiary/aromatic N) is 3. The molecule has 0 aliphatic carbocycles. The molecule has 4 rings (SSSR count). The Hall–Kier alpha value is -3.68. The van der Waals surface area contributed by atoms with Gasteiger partial charge < -0.3 is 10.5 Å². The lowest BCUT2D eigenvalue weighted by Crippen LogP contribution is -2.12. The summed E-state index contributed by atoms with van der Waals surface area (Å²) in [7, 11) is -4.03. The molecule has 0 bridgehead atoms. The molecular formula is C24H21ClF2N4O3S. The lowest BCUT2D eigenvalue weighted by Gasteiger charge is -2.11. The molecule has 7 nitrogen and oxygen atoms in total. The molecule has 0 atom stereocenters. The van der Waals surface area contributed by atoms with Gasteiger partial charge in [0.25, 0.3) is 10.0 Å². The first-order valence-electron chi connectivity index (χ1n) is 10.3. The van der Waals surface area contributed by atoms with E-state index in [-0.39, 0.29) is 46.2 Å². The van der Waals surface area contributed by atoms with Crippen LogP contribution in [-0.4, -0.2) is 17.4 Å². The molecule has 0 saturated heterocycles. The highest BCUT2D eigenvalue weighted by molar-refractivity contribution is 7.90. The van der Waals surface area contributed by atoms with E-state index in [0.717, 1.165) is 21.7 Å². The van der Waals surface area contributed by atoms with Crippen LogP contribution in [0.5, 0.6) is 11.5 Å². The number of benzene rings is 2. The zero-order chi connectivity index (χ0) is 24.5. The molecule has 0 aliphatic rings. The van der Waals surface area contributed by atoms with Crippen LogP contribution in [0.15, 0.2) is 59.8 Å². The van der Waals surface area contributed by atoms with E-state index in [1.54, 1.807) is 12.1 Å². The Labute approximate surface area is 207 Å². The summed E-state index contributed by atoms with van der Waals surface area (Å²) in [4.78, 5) is 4.29. The first-order chi connectivity index (χ1) is 16.2. The first-order valence-corrected chi connectivity index (χ1v) is 11.8. The number of anilines is 1. The van der Waals surface area contributed by atoms with Gasteiger partial charge in [-0.1, -0.05) is 17.7 Å². The number of pyridine rings is 1. The number of halogens is 3. The molecule has 182 valence electrons. The van der Waals surface area contributed by atoms with Crippen molar-refractivity contribution in [1.82, 2.24) is 8.96 Å². The molecule has 4 aromatic rings. The third kappa shape index (κ3) is 5.06. The van der Waals surface area contributed by atoms with E-state index in [9.17, 15) is 17.2 Å². The maximum atomic E-state index is 14.4. The fraction of sp³-hybridized carbons (Fsp3) is 0.167. The van der Waals surface area contributed by atoms with Crippen molar-refractivity contribution in [2.24, 2.45) is 0 Å². The van der Waals surface area contributed by atoms with E-state index in [2.05, 4.69) is 4.98 Å². The van der Waals surface area contributed by atoms with E-state index >= 15 is 0 Å². The van der Waals surface area contributed by atoms with E-state index in [1.807, 2.05) is 13.0 Å². The molecule has 2 N–H and O–H groups in total. The van der Waals surface area contributed by atoms with Crippen LogP contribution < -0.4 is 10.5 Å². The Bertz CT molecular complexity index is 1510. The average Bonchev–Trinajstić information content (AvgIpc) is 3.17. The first kappa shape index (κ1) is 25.9. The molecule has 2 heterocycles. The highest BCUT2D eigenvalue weighted by Crippen LogP contribution is 2.37. The minimum Gasteiger partial charge on any atom is -0.450 e. The number of nitrogen functional groups attached to an aromatic ring is 1. The Morgan fingerprint density at radius 1 is 1.14 bits per heavy atom. The predicted molar refractivity (Wildman–Crippen MR) is 130 cm³/mol. The molecule has 2 aromatic heterocycles. The molecule has 2 aromatic carbocycles. The van der Waals surface area contributed by atoms with Gasteiger partial charge in [-0.05, 0) is 43.5 Å². The van der Waals surface area contributed by atoms with Crippen LogP contribution in [0.3, 0.4) is 0 Å². The van der Waals surface area contributed by atoms with Crippen molar-refractivity contribution in [2.75, 3.05) is 5.73 Å². The highest BCUT2D eigenvalue weighted by Gasteiger charge is 2.25. The number of aryl methyl sites for hydroxylation is 2. The van der Waals surface area contributed by atoms with Crippen LogP contribution in [0.2, 0.25) is 0 Å². The third-order valence-corrected chi connectivity index (χ3v) is 6.90. The summed E-state index contributed by atoms with van der Waals surface area (Å²) in [5, 5.41) is 9.20. The lowest BCUT2D eigenvalue weighted by atomic mass is 10.1. The van der Waals surface area contributed by atoms with Gasteiger partial charge in [0.05, 0.1) is 16.4 Å². The number of nitrogens with two attached hydrogens (primary N) is 1. The Morgan fingerprint density at radius 3 is 2.43 bits per heavy atom. The number of aromatic nitrogens is 2.